The standard InChI is InChI=1S/C15H22ClNO/c1-2-5-14(10-17-13-8-9-13)18-11-12-6-3-4-7-15(12)16/h3-4,6-7,13-14,17H,2,5,8-11H2,1H3. The third-order valence-electron chi connectivity index (χ3n) is 3.25. The van der Waals surface area contributed by atoms with E-state index in [1.54, 1.807) is 0 Å². The zero-order valence-electron chi connectivity index (χ0n) is 11.0. The first kappa shape index (κ1) is 13.9. The Hall–Kier alpha value is -0.570. The van der Waals surface area contributed by atoms with E-state index < -0.39 is 0 Å². The van der Waals surface area contributed by atoms with Gasteiger partial charge >= 0.3 is 0 Å². The van der Waals surface area contributed by atoms with Crippen molar-refractivity contribution in [3.8, 4) is 0 Å². The molecule has 0 amide bonds. The highest BCUT2D eigenvalue weighted by molar-refractivity contribution is 6.31. The lowest BCUT2D eigenvalue weighted by Crippen LogP contribution is -2.30. The fourth-order valence-electron chi connectivity index (χ4n) is 1.97. The van der Waals surface area contributed by atoms with Crippen molar-refractivity contribution in [3.63, 3.8) is 0 Å². The lowest BCUT2D eigenvalue weighted by atomic mass is 10.2. The van der Waals surface area contributed by atoms with Gasteiger partial charge in [0.1, 0.15) is 0 Å². The summed E-state index contributed by atoms with van der Waals surface area (Å²) in [6.45, 7) is 3.77. The molecule has 1 aromatic rings. The topological polar surface area (TPSA) is 21.3 Å². The molecule has 3 heteroatoms. The molecule has 100 valence electrons. The van der Waals surface area contributed by atoms with Crippen molar-refractivity contribution in [2.45, 2.75) is 51.4 Å². The highest BCUT2D eigenvalue weighted by Gasteiger charge is 2.21. The minimum absolute atomic E-state index is 0.298. The third kappa shape index (κ3) is 4.60. The van der Waals surface area contributed by atoms with Gasteiger partial charge in [-0.2, -0.15) is 0 Å². The van der Waals surface area contributed by atoms with Gasteiger partial charge in [0.05, 0.1) is 12.7 Å². The van der Waals surface area contributed by atoms with Crippen molar-refractivity contribution in [1.82, 2.24) is 5.32 Å². The lowest BCUT2D eigenvalue weighted by Gasteiger charge is -2.18. The maximum atomic E-state index is 6.13. The second kappa shape index (κ2) is 7.13. The molecule has 1 aliphatic carbocycles. The highest BCUT2D eigenvalue weighted by Crippen LogP contribution is 2.20. The lowest BCUT2D eigenvalue weighted by molar-refractivity contribution is 0.0346. The minimum Gasteiger partial charge on any atom is -0.372 e. The van der Waals surface area contributed by atoms with Crippen LogP contribution in [0.5, 0.6) is 0 Å². The summed E-state index contributed by atoms with van der Waals surface area (Å²) in [6, 6.07) is 8.64. The summed E-state index contributed by atoms with van der Waals surface area (Å²) in [5.74, 6) is 0. The number of nitrogens with one attached hydrogen (secondary N) is 1. The number of ether oxygens (including phenoxy) is 1. The molecule has 0 radical (unpaired) electrons. The number of rotatable bonds is 8. The van der Waals surface area contributed by atoms with Gasteiger partial charge in [-0.05, 0) is 30.9 Å². The first-order valence-corrected chi connectivity index (χ1v) is 7.25. The number of hydrogen-bond acceptors (Lipinski definition) is 2. The molecule has 1 unspecified atom stereocenters. The Bertz CT molecular complexity index is 365. The molecular weight excluding hydrogens is 246 g/mol. The third-order valence-corrected chi connectivity index (χ3v) is 3.62. The van der Waals surface area contributed by atoms with Crippen LogP contribution >= 0.6 is 11.6 Å². The van der Waals surface area contributed by atoms with Crippen LogP contribution in [0, 0.1) is 0 Å². The molecule has 0 spiro atoms. The van der Waals surface area contributed by atoms with Crippen LogP contribution in [0.4, 0.5) is 0 Å². The van der Waals surface area contributed by atoms with Gasteiger partial charge < -0.3 is 10.1 Å². The summed E-state index contributed by atoms with van der Waals surface area (Å²) in [7, 11) is 0. The Morgan fingerprint density at radius 1 is 1.39 bits per heavy atom. The van der Waals surface area contributed by atoms with Crippen molar-refractivity contribution in [3.05, 3.63) is 34.9 Å². The summed E-state index contributed by atoms with van der Waals surface area (Å²) >= 11 is 6.13. The molecule has 1 fully saturated rings. The van der Waals surface area contributed by atoms with Crippen LogP contribution in [0.2, 0.25) is 5.02 Å². The van der Waals surface area contributed by atoms with Crippen LogP contribution in [-0.2, 0) is 11.3 Å². The number of hydrogen-bond donors (Lipinski definition) is 1. The average molecular weight is 268 g/mol. The van der Waals surface area contributed by atoms with E-state index in [4.69, 9.17) is 16.3 Å². The molecule has 0 aliphatic heterocycles. The Morgan fingerprint density at radius 2 is 2.17 bits per heavy atom. The maximum Gasteiger partial charge on any atom is 0.0735 e. The average Bonchev–Trinajstić information content (AvgIpc) is 3.18. The Labute approximate surface area is 115 Å². The van der Waals surface area contributed by atoms with Gasteiger partial charge in [0.25, 0.3) is 0 Å². The molecule has 0 aromatic heterocycles. The van der Waals surface area contributed by atoms with Crippen molar-refractivity contribution >= 4 is 11.6 Å². The largest absolute Gasteiger partial charge is 0.372 e. The SMILES string of the molecule is CCCC(CNC1CC1)OCc1ccccc1Cl. The second-order valence-corrected chi connectivity index (χ2v) is 5.40. The van der Waals surface area contributed by atoms with E-state index in [1.165, 1.54) is 12.8 Å². The van der Waals surface area contributed by atoms with E-state index in [1.807, 2.05) is 24.3 Å². The van der Waals surface area contributed by atoms with Crippen molar-refractivity contribution in [2.24, 2.45) is 0 Å². The zero-order valence-corrected chi connectivity index (χ0v) is 11.7. The van der Waals surface area contributed by atoms with E-state index in [-0.39, 0.29) is 0 Å². The molecule has 0 bridgehead atoms. The van der Waals surface area contributed by atoms with Gasteiger partial charge in [0.2, 0.25) is 0 Å². The molecule has 1 atom stereocenters. The van der Waals surface area contributed by atoms with Gasteiger partial charge in [-0.3, -0.25) is 0 Å². The van der Waals surface area contributed by atoms with Crippen LogP contribution in [0.25, 0.3) is 0 Å². The zero-order chi connectivity index (χ0) is 12.8. The summed E-state index contributed by atoms with van der Waals surface area (Å²) < 4.78 is 5.98. The molecule has 2 nitrogen and oxygen atoms in total. The summed E-state index contributed by atoms with van der Waals surface area (Å²) in [6.07, 6.45) is 5.20. The van der Waals surface area contributed by atoms with Gasteiger partial charge in [-0.15, -0.1) is 0 Å². The normalized spacial score (nSPS) is 16.8. The smallest absolute Gasteiger partial charge is 0.0735 e. The van der Waals surface area contributed by atoms with Crippen molar-refractivity contribution < 1.29 is 4.74 Å². The van der Waals surface area contributed by atoms with Crippen molar-refractivity contribution in [1.29, 1.82) is 0 Å². The predicted octanol–water partition coefficient (Wildman–Crippen LogP) is 3.78. The molecular formula is C15H22ClNO. The Kier molecular flexibility index (Phi) is 5.48. The van der Waals surface area contributed by atoms with Crippen LogP contribution in [0.15, 0.2) is 24.3 Å². The maximum absolute atomic E-state index is 6.13. The molecule has 18 heavy (non-hydrogen) atoms. The van der Waals surface area contributed by atoms with Crippen LogP contribution in [0.1, 0.15) is 38.2 Å². The van der Waals surface area contributed by atoms with Crippen molar-refractivity contribution in [2.75, 3.05) is 6.54 Å². The summed E-state index contributed by atoms with van der Waals surface area (Å²) in [4.78, 5) is 0. The Morgan fingerprint density at radius 3 is 2.83 bits per heavy atom. The van der Waals surface area contributed by atoms with E-state index in [9.17, 15) is 0 Å². The summed E-state index contributed by atoms with van der Waals surface area (Å²) in [5.41, 5.74) is 1.08. The molecule has 0 heterocycles. The van der Waals surface area contributed by atoms with Gasteiger partial charge in [-0.25, -0.2) is 0 Å². The quantitative estimate of drug-likeness (QED) is 0.774. The van der Waals surface area contributed by atoms with Gasteiger partial charge in [0, 0.05) is 17.6 Å². The first-order chi connectivity index (χ1) is 8.79. The highest BCUT2D eigenvalue weighted by atomic mass is 35.5. The van der Waals surface area contributed by atoms with Crippen LogP contribution in [0.3, 0.4) is 0 Å². The number of halogens is 1. The molecule has 1 aliphatic rings. The molecule has 1 N–H and O–H groups in total. The minimum atomic E-state index is 0.298. The van der Waals surface area contributed by atoms with E-state index in [0.717, 1.165) is 36.0 Å². The molecule has 1 aromatic carbocycles. The molecule has 0 saturated heterocycles. The summed E-state index contributed by atoms with van der Waals surface area (Å²) in [5, 5.41) is 4.33. The van der Waals surface area contributed by atoms with E-state index in [0.29, 0.717) is 12.7 Å². The Balaban J connectivity index is 1.78. The fraction of sp³-hybridized carbons (Fsp3) is 0.600. The first-order valence-electron chi connectivity index (χ1n) is 6.88. The number of benzene rings is 1. The van der Waals surface area contributed by atoms with Crippen LogP contribution in [-0.4, -0.2) is 18.7 Å². The van der Waals surface area contributed by atoms with Gasteiger partial charge in [-0.1, -0.05) is 43.1 Å². The van der Waals surface area contributed by atoms with E-state index in [2.05, 4.69) is 12.2 Å². The van der Waals surface area contributed by atoms with Crippen LogP contribution < -0.4 is 5.32 Å². The monoisotopic (exact) mass is 267 g/mol. The van der Waals surface area contributed by atoms with E-state index >= 15 is 0 Å². The molecule has 1 saturated carbocycles. The van der Waals surface area contributed by atoms with Gasteiger partial charge in [0.15, 0.2) is 0 Å². The molecule has 2 rings (SSSR count). The predicted molar refractivity (Wildman–Crippen MR) is 76.0 cm³/mol. The fourth-order valence-corrected chi connectivity index (χ4v) is 2.17. The second-order valence-electron chi connectivity index (χ2n) is 5.00.